The van der Waals surface area contributed by atoms with Gasteiger partial charge in [-0.1, -0.05) is 0 Å². The van der Waals surface area contributed by atoms with Crippen molar-refractivity contribution in [3.05, 3.63) is 48.0 Å². The van der Waals surface area contributed by atoms with Crippen LogP contribution in [0.4, 0.5) is 5.69 Å². The molecule has 0 aliphatic carbocycles. The average Bonchev–Trinajstić information content (AvgIpc) is 2.48. The molecule has 0 aliphatic heterocycles. The van der Waals surface area contributed by atoms with E-state index in [0.29, 0.717) is 5.75 Å². The number of ether oxygens (including phenoxy) is 1. The van der Waals surface area contributed by atoms with Gasteiger partial charge in [0.25, 0.3) is 5.91 Å². The molecule has 2 rings (SSSR count). The van der Waals surface area contributed by atoms with E-state index >= 15 is 0 Å². The third kappa shape index (κ3) is 2.89. The third-order valence-electron chi connectivity index (χ3n) is 2.53. The van der Waals surface area contributed by atoms with E-state index in [1.807, 2.05) is 0 Å². The molecule has 1 aromatic carbocycles. The summed E-state index contributed by atoms with van der Waals surface area (Å²) in [5, 5.41) is 11.6. The Kier molecular flexibility index (Phi) is 3.90. The number of carbonyl (C=O) groups is 2. The van der Waals surface area contributed by atoms with Crippen molar-refractivity contribution < 1.29 is 19.4 Å². The fourth-order valence-corrected chi connectivity index (χ4v) is 1.55. The first-order valence-electron chi connectivity index (χ1n) is 5.59. The van der Waals surface area contributed by atoms with E-state index < -0.39 is 11.9 Å². The van der Waals surface area contributed by atoms with Crippen molar-refractivity contribution in [2.24, 2.45) is 0 Å². The van der Waals surface area contributed by atoms with Gasteiger partial charge in [-0.15, -0.1) is 0 Å². The van der Waals surface area contributed by atoms with Crippen molar-refractivity contribution in [2.45, 2.75) is 0 Å². The van der Waals surface area contributed by atoms with Crippen LogP contribution in [0.1, 0.15) is 20.7 Å². The standard InChI is InChI=1S/C13H11N3O4/c1-20-9-2-3-11(10(4-9)13(18)19)16-12(17)8-5-14-7-15-6-8/h2-7H,1H3,(H,16,17)(H,18,19). The van der Waals surface area contributed by atoms with Crippen molar-refractivity contribution in [3.63, 3.8) is 0 Å². The zero-order chi connectivity index (χ0) is 14.5. The summed E-state index contributed by atoms with van der Waals surface area (Å²) in [6.45, 7) is 0. The van der Waals surface area contributed by atoms with Crippen LogP contribution in [0.2, 0.25) is 0 Å². The number of aromatic carboxylic acids is 1. The number of methoxy groups -OCH3 is 1. The Labute approximate surface area is 114 Å². The number of anilines is 1. The number of benzene rings is 1. The number of nitrogens with zero attached hydrogens (tertiary/aromatic N) is 2. The summed E-state index contributed by atoms with van der Waals surface area (Å²) in [5.74, 6) is -1.26. The lowest BCUT2D eigenvalue weighted by atomic mass is 10.1. The second kappa shape index (κ2) is 5.79. The van der Waals surface area contributed by atoms with Crippen LogP contribution >= 0.6 is 0 Å². The Morgan fingerprint density at radius 2 is 1.95 bits per heavy atom. The first-order valence-corrected chi connectivity index (χ1v) is 5.59. The molecular weight excluding hydrogens is 262 g/mol. The minimum atomic E-state index is -1.16. The van der Waals surface area contributed by atoms with E-state index in [-0.39, 0.29) is 16.8 Å². The molecule has 2 aromatic rings. The van der Waals surface area contributed by atoms with Gasteiger partial charge in [0.2, 0.25) is 0 Å². The SMILES string of the molecule is COc1ccc(NC(=O)c2cncnc2)c(C(=O)O)c1. The zero-order valence-corrected chi connectivity index (χ0v) is 10.5. The van der Waals surface area contributed by atoms with Crippen LogP contribution in [0.25, 0.3) is 0 Å². The molecule has 1 amide bonds. The predicted octanol–water partition coefficient (Wildman–Crippen LogP) is 1.44. The van der Waals surface area contributed by atoms with Gasteiger partial charge in [0, 0.05) is 12.4 Å². The van der Waals surface area contributed by atoms with Gasteiger partial charge in [0.1, 0.15) is 12.1 Å². The van der Waals surface area contributed by atoms with Crippen molar-refractivity contribution in [3.8, 4) is 5.75 Å². The highest BCUT2D eigenvalue weighted by Gasteiger charge is 2.15. The number of aromatic nitrogens is 2. The van der Waals surface area contributed by atoms with Gasteiger partial charge in [0.15, 0.2) is 0 Å². The summed E-state index contributed by atoms with van der Waals surface area (Å²) in [5.41, 5.74) is 0.348. The summed E-state index contributed by atoms with van der Waals surface area (Å²) in [7, 11) is 1.43. The number of nitrogens with one attached hydrogen (secondary N) is 1. The number of rotatable bonds is 4. The van der Waals surface area contributed by atoms with E-state index in [1.165, 1.54) is 38.0 Å². The van der Waals surface area contributed by atoms with E-state index in [4.69, 9.17) is 9.84 Å². The fourth-order valence-electron chi connectivity index (χ4n) is 1.55. The molecular formula is C13H11N3O4. The molecule has 0 unspecified atom stereocenters. The highest BCUT2D eigenvalue weighted by atomic mass is 16.5. The first kappa shape index (κ1) is 13.5. The minimum absolute atomic E-state index is 0.0606. The molecule has 2 N–H and O–H groups in total. The van der Waals surface area contributed by atoms with Gasteiger partial charge >= 0.3 is 5.97 Å². The highest BCUT2D eigenvalue weighted by molar-refractivity contribution is 6.07. The molecule has 1 aromatic heterocycles. The highest BCUT2D eigenvalue weighted by Crippen LogP contribution is 2.22. The predicted molar refractivity (Wildman–Crippen MR) is 69.9 cm³/mol. The quantitative estimate of drug-likeness (QED) is 0.873. The Morgan fingerprint density at radius 1 is 1.25 bits per heavy atom. The maximum atomic E-state index is 11.9. The van der Waals surface area contributed by atoms with Crippen molar-refractivity contribution in [2.75, 3.05) is 12.4 Å². The molecule has 7 nitrogen and oxygen atoms in total. The van der Waals surface area contributed by atoms with Crippen LogP contribution in [0.5, 0.6) is 5.75 Å². The van der Waals surface area contributed by atoms with Crippen LogP contribution in [-0.2, 0) is 0 Å². The second-order valence-electron chi connectivity index (χ2n) is 3.80. The Morgan fingerprint density at radius 3 is 2.55 bits per heavy atom. The normalized spacial score (nSPS) is 9.85. The first-order chi connectivity index (χ1) is 9.61. The summed E-state index contributed by atoms with van der Waals surface area (Å²) < 4.78 is 4.95. The number of amides is 1. The molecule has 1 heterocycles. The van der Waals surface area contributed by atoms with Crippen molar-refractivity contribution >= 4 is 17.6 Å². The molecule has 7 heteroatoms. The maximum Gasteiger partial charge on any atom is 0.337 e. The fraction of sp³-hybridized carbons (Fsp3) is 0.0769. The van der Waals surface area contributed by atoms with E-state index in [0.717, 1.165) is 0 Å². The number of carboxylic acid groups (broad SMARTS) is 1. The summed E-state index contributed by atoms with van der Waals surface area (Å²) in [4.78, 5) is 30.6. The molecule has 0 aliphatic rings. The number of carboxylic acids is 1. The molecule has 0 radical (unpaired) electrons. The topological polar surface area (TPSA) is 101 Å². The minimum Gasteiger partial charge on any atom is -0.497 e. The number of hydrogen-bond donors (Lipinski definition) is 2. The van der Waals surface area contributed by atoms with Crippen LogP contribution in [0.3, 0.4) is 0 Å². The van der Waals surface area contributed by atoms with Crippen molar-refractivity contribution in [1.82, 2.24) is 9.97 Å². The van der Waals surface area contributed by atoms with Gasteiger partial charge in [-0.3, -0.25) is 4.79 Å². The van der Waals surface area contributed by atoms with E-state index in [2.05, 4.69) is 15.3 Å². The van der Waals surface area contributed by atoms with Gasteiger partial charge in [-0.05, 0) is 18.2 Å². The third-order valence-corrected chi connectivity index (χ3v) is 2.53. The van der Waals surface area contributed by atoms with Crippen LogP contribution in [-0.4, -0.2) is 34.1 Å². The molecule has 0 saturated carbocycles. The second-order valence-corrected chi connectivity index (χ2v) is 3.80. The van der Waals surface area contributed by atoms with Crippen LogP contribution in [0.15, 0.2) is 36.9 Å². The molecule has 102 valence electrons. The molecule has 20 heavy (non-hydrogen) atoms. The smallest absolute Gasteiger partial charge is 0.337 e. The van der Waals surface area contributed by atoms with Gasteiger partial charge < -0.3 is 15.2 Å². The number of carbonyl (C=O) groups excluding carboxylic acids is 1. The van der Waals surface area contributed by atoms with Gasteiger partial charge in [0.05, 0.1) is 23.9 Å². The van der Waals surface area contributed by atoms with Crippen LogP contribution in [0, 0.1) is 0 Å². The summed E-state index contributed by atoms with van der Waals surface area (Å²) in [6, 6.07) is 4.35. The monoisotopic (exact) mass is 273 g/mol. The van der Waals surface area contributed by atoms with E-state index in [9.17, 15) is 9.59 Å². The van der Waals surface area contributed by atoms with Gasteiger partial charge in [-0.25, -0.2) is 14.8 Å². The molecule has 0 fully saturated rings. The van der Waals surface area contributed by atoms with E-state index in [1.54, 1.807) is 6.07 Å². The lowest BCUT2D eigenvalue weighted by Crippen LogP contribution is -2.15. The Balaban J connectivity index is 2.29. The Hall–Kier alpha value is -2.96. The molecule has 0 spiro atoms. The lowest BCUT2D eigenvalue weighted by Gasteiger charge is -2.09. The number of hydrogen-bond acceptors (Lipinski definition) is 5. The molecule has 0 saturated heterocycles. The molecule has 0 atom stereocenters. The summed E-state index contributed by atoms with van der Waals surface area (Å²) >= 11 is 0. The summed E-state index contributed by atoms with van der Waals surface area (Å²) in [6.07, 6.45) is 3.98. The Bertz CT molecular complexity index is 643. The zero-order valence-electron chi connectivity index (χ0n) is 10.5. The lowest BCUT2D eigenvalue weighted by molar-refractivity contribution is 0.0697. The van der Waals surface area contributed by atoms with Gasteiger partial charge in [-0.2, -0.15) is 0 Å². The van der Waals surface area contributed by atoms with Crippen LogP contribution < -0.4 is 10.1 Å². The van der Waals surface area contributed by atoms with Crippen molar-refractivity contribution in [1.29, 1.82) is 0 Å². The molecule has 0 bridgehead atoms. The largest absolute Gasteiger partial charge is 0.497 e. The maximum absolute atomic E-state index is 11.9. The average molecular weight is 273 g/mol.